The molecule has 1 saturated carbocycles. The third-order valence-electron chi connectivity index (χ3n) is 9.74. The van der Waals surface area contributed by atoms with Crippen LogP contribution in [0.5, 0.6) is 0 Å². The summed E-state index contributed by atoms with van der Waals surface area (Å²) in [4.78, 5) is 52.1. The molecule has 0 bridgehead atoms. The van der Waals surface area contributed by atoms with Crippen molar-refractivity contribution in [3.05, 3.63) is 82.5 Å². The van der Waals surface area contributed by atoms with Crippen molar-refractivity contribution in [3.63, 3.8) is 0 Å². The van der Waals surface area contributed by atoms with E-state index in [-0.39, 0.29) is 29.5 Å². The van der Waals surface area contributed by atoms with E-state index in [1.165, 1.54) is 0 Å². The number of aryl methyl sites for hydroxylation is 1. The van der Waals surface area contributed by atoms with Gasteiger partial charge in [0.15, 0.2) is 0 Å². The summed E-state index contributed by atoms with van der Waals surface area (Å²) >= 11 is 6.15. The van der Waals surface area contributed by atoms with E-state index in [0.717, 1.165) is 59.7 Å². The number of carbonyl (C=O) groups is 4. The average Bonchev–Trinajstić information content (AvgIpc) is 3.48. The van der Waals surface area contributed by atoms with E-state index in [1.54, 1.807) is 24.3 Å². The molecular formula is C37H42ClN7O4. The molecule has 7 N–H and O–H groups in total. The molecule has 2 unspecified atom stereocenters. The summed E-state index contributed by atoms with van der Waals surface area (Å²) in [5.74, 6) is -0.596. The lowest BCUT2D eigenvalue weighted by atomic mass is 9.81. The van der Waals surface area contributed by atoms with E-state index >= 15 is 0 Å². The van der Waals surface area contributed by atoms with Crippen LogP contribution >= 0.6 is 11.6 Å². The lowest BCUT2D eigenvalue weighted by Gasteiger charge is -2.28. The third-order valence-corrected chi connectivity index (χ3v) is 10.0. The Morgan fingerprint density at radius 2 is 1.78 bits per heavy atom. The highest BCUT2D eigenvalue weighted by atomic mass is 35.5. The molecule has 256 valence electrons. The minimum atomic E-state index is -0.810. The number of amides is 4. The van der Waals surface area contributed by atoms with Crippen LogP contribution in [0.3, 0.4) is 0 Å². The van der Waals surface area contributed by atoms with Gasteiger partial charge in [0, 0.05) is 35.5 Å². The summed E-state index contributed by atoms with van der Waals surface area (Å²) in [6.07, 6.45) is 5.06. The Labute approximate surface area is 290 Å². The van der Waals surface area contributed by atoms with E-state index in [0.29, 0.717) is 53.8 Å². The van der Waals surface area contributed by atoms with Crippen molar-refractivity contribution in [2.75, 3.05) is 18.4 Å². The van der Waals surface area contributed by atoms with Crippen molar-refractivity contribution in [1.29, 1.82) is 0 Å². The zero-order valence-electron chi connectivity index (χ0n) is 27.5. The summed E-state index contributed by atoms with van der Waals surface area (Å²) < 4.78 is 0. The molecule has 1 saturated heterocycles. The largest absolute Gasteiger partial charge is 0.354 e. The topological polar surface area (TPSA) is 171 Å². The molecule has 1 aromatic heterocycles. The molecule has 0 radical (unpaired) electrons. The summed E-state index contributed by atoms with van der Waals surface area (Å²) in [7, 11) is 0. The van der Waals surface area contributed by atoms with Gasteiger partial charge in [0.05, 0.1) is 5.52 Å². The number of H-pyrrole nitrogens is 1. The molecule has 0 spiro atoms. The molecule has 12 heteroatoms. The maximum Gasteiger partial charge on any atom is 0.251 e. The molecule has 2 atom stereocenters. The van der Waals surface area contributed by atoms with Crippen LogP contribution in [-0.4, -0.2) is 59.0 Å². The van der Waals surface area contributed by atoms with Crippen molar-refractivity contribution < 1.29 is 19.2 Å². The number of hydrogen-bond donors (Lipinski definition) is 6. The molecule has 6 rings (SSSR count). The van der Waals surface area contributed by atoms with Crippen LogP contribution in [0.25, 0.3) is 22.0 Å². The van der Waals surface area contributed by atoms with Crippen LogP contribution in [-0.2, 0) is 20.8 Å². The zero-order valence-corrected chi connectivity index (χ0v) is 28.2. The number of hydrogen-bond acceptors (Lipinski definition) is 6. The quantitative estimate of drug-likeness (QED) is 0.142. The highest BCUT2D eigenvalue weighted by Gasteiger charge is 2.30. The number of fused-ring (bicyclic) bond motifs is 1. The van der Waals surface area contributed by atoms with Crippen molar-refractivity contribution >= 4 is 51.8 Å². The van der Waals surface area contributed by atoms with Gasteiger partial charge in [-0.1, -0.05) is 41.9 Å². The predicted octanol–water partition coefficient (Wildman–Crippen LogP) is 4.63. The maximum atomic E-state index is 13.7. The molecule has 4 amide bonds. The summed E-state index contributed by atoms with van der Waals surface area (Å²) in [6, 6.07) is 17.3. The summed E-state index contributed by atoms with van der Waals surface area (Å²) in [6.45, 7) is 3.20. The fraction of sp³-hybridized carbons (Fsp3) is 0.378. The van der Waals surface area contributed by atoms with Crippen LogP contribution in [0.2, 0.25) is 5.15 Å². The van der Waals surface area contributed by atoms with Crippen molar-refractivity contribution in [2.45, 2.75) is 64.0 Å². The van der Waals surface area contributed by atoms with Crippen LogP contribution in [0.15, 0.2) is 60.7 Å². The van der Waals surface area contributed by atoms with Gasteiger partial charge in [0.25, 0.3) is 5.91 Å². The number of nitrogens with two attached hydrogens (primary N) is 1. The van der Waals surface area contributed by atoms with Gasteiger partial charge < -0.3 is 27.0 Å². The van der Waals surface area contributed by atoms with Crippen LogP contribution < -0.4 is 27.0 Å². The van der Waals surface area contributed by atoms with E-state index in [2.05, 4.69) is 31.5 Å². The second-order valence-electron chi connectivity index (χ2n) is 13.2. The first-order valence-electron chi connectivity index (χ1n) is 16.9. The Hall–Kier alpha value is -4.74. The molecular weight excluding hydrogens is 642 g/mol. The third kappa shape index (κ3) is 8.12. The van der Waals surface area contributed by atoms with Gasteiger partial charge in [-0.15, -0.1) is 0 Å². The number of nitrogens with one attached hydrogen (secondary N) is 5. The minimum Gasteiger partial charge on any atom is -0.354 e. The van der Waals surface area contributed by atoms with Gasteiger partial charge in [0.1, 0.15) is 17.2 Å². The Balaban J connectivity index is 1.15. The smallest absolute Gasteiger partial charge is 0.251 e. The fourth-order valence-corrected chi connectivity index (χ4v) is 6.98. The van der Waals surface area contributed by atoms with Crippen LogP contribution in [0.4, 0.5) is 5.69 Å². The predicted molar refractivity (Wildman–Crippen MR) is 190 cm³/mol. The molecule has 1 aliphatic carbocycles. The van der Waals surface area contributed by atoms with Gasteiger partial charge in [0.2, 0.25) is 17.7 Å². The van der Waals surface area contributed by atoms with E-state index in [1.807, 2.05) is 43.3 Å². The van der Waals surface area contributed by atoms with Gasteiger partial charge in [-0.05, 0) is 110 Å². The van der Waals surface area contributed by atoms with Gasteiger partial charge in [-0.2, -0.15) is 5.10 Å². The fourth-order valence-electron chi connectivity index (χ4n) is 6.78. The normalized spacial score (nSPS) is 19.9. The first-order valence-corrected chi connectivity index (χ1v) is 17.3. The first kappa shape index (κ1) is 34.1. The zero-order chi connectivity index (χ0) is 34.5. The van der Waals surface area contributed by atoms with Gasteiger partial charge in [-0.25, -0.2) is 0 Å². The van der Waals surface area contributed by atoms with Crippen molar-refractivity contribution in [1.82, 2.24) is 26.1 Å². The lowest BCUT2D eigenvalue weighted by Crippen LogP contribution is -2.50. The number of piperidine rings is 1. The molecule has 3 aromatic carbocycles. The van der Waals surface area contributed by atoms with Crippen LogP contribution in [0.1, 0.15) is 60.0 Å². The summed E-state index contributed by atoms with van der Waals surface area (Å²) in [5, 5.41) is 19.7. The Kier molecular flexibility index (Phi) is 10.6. The Morgan fingerprint density at radius 3 is 2.49 bits per heavy atom. The number of nitrogens with zero attached hydrogens (tertiary/aromatic N) is 1. The van der Waals surface area contributed by atoms with Gasteiger partial charge >= 0.3 is 0 Å². The molecule has 2 fully saturated rings. The van der Waals surface area contributed by atoms with Crippen LogP contribution in [0, 0.1) is 18.8 Å². The number of anilines is 1. The van der Waals surface area contributed by atoms with Crippen molar-refractivity contribution in [3.8, 4) is 11.1 Å². The lowest BCUT2D eigenvalue weighted by molar-refractivity contribution is -0.130. The second-order valence-corrected chi connectivity index (χ2v) is 13.5. The summed E-state index contributed by atoms with van der Waals surface area (Å²) in [5.41, 5.74) is 11.2. The second kappa shape index (κ2) is 15.2. The van der Waals surface area contributed by atoms with E-state index < -0.39 is 12.1 Å². The number of aromatic amines is 1. The van der Waals surface area contributed by atoms with Crippen molar-refractivity contribution in [2.24, 2.45) is 17.6 Å². The molecule has 2 aliphatic rings. The number of carbonyl (C=O) groups excluding carboxylic acids is 4. The number of benzene rings is 3. The molecule has 2 heterocycles. The van der Waals surface area contributed by atoms with E-state index in [4.69, 9.17) is 17.3 Å². The first-order chi connectivity index (χ1) is 23.7. The monoisotopic (exact) mass is 683 g/mol. The average molecular weight is 684 g/mol. The van der Waals surface area contributed by atoms with E-state index in [9.17, 15) is 19.2 Å². The highest BCUT2D eigenvalue weighted by Crippen LogP contribution is 2.29. The minimum absolute atomic E-state index is 0.120. The molecule has 49 heavy (non-hydrogen) atoms. The standard InChI is InChI=1S/C37H42ClN7O4/c1-21-17-26(35(47)42-30-3-2-16-40-36(30)48)12-14-28(21)24-8-4-22(5-9-24)18-32(43-34(46)25-10-6-23(20-39)7-11-25)37(49)41-27-13-15-29-31(19-27)44-45-33(29)38/h4-5,8-9,12-15,17,19,23,25,30,32H,2-3,6-7,10-11,16,18,20,39H2,1H3,(H,40,48)(H,41,49)(H,42,47)(H,43,46)(H,44,45). The Morgan fingerprint density at radius 1 is 1.00 bits per heavy atom. The number of aromatic nitrogens is 2. The SMILES string of the molecule is Cc1cc(C(=O)NC2CCCNC2=O)ccc1-c1ccc(CC(NC(=O)C2CCC(CN)CC2)C(=O)Nc2ccc3c(Cl)[nH]nc3c2)cc1. The maximum absolute atomic E-state index is 13.7. The number of rotatable bonds is 10. The molecule has 1 aliphatic heterocycles. The highest BCUT2D eigenvalue weighted by molar-refractivity contribution is 6.34. The molecule has 11 nitrogen and oxygen atoms in total. The number of halogens is 1. The Bertz CT molecular complexity index is 1850. The molecule has 4 aromatic rings. The van der Waals surface area contributed by atoms with Gasteiger partial charge in [-0.3, -0.25) is 24.3 Å².